The van der Waals surface area contributed by atoms with E-state index in [1.807, 2.05) is 18.2 Å². The van der Waals surface area contributed by atoms with E-state index >= 15 is 0 Å². The van der Waals surface area contributed by atoms with E-state index in [2.05, 4.69) is 4.98 Å². The Bertz CT molecular complexity index is 1150. The molecule has 0 bridgehead atoms. The Balaban J connectivity index is 1.81. The molecule has 0 spiro atoms. The van der Waals surface area contributed by atoms with Crippen LogP contribution in [-0.2, 0) is 0 Å². The van der Waals surface area contributed by atoms with E-state index in [1.165, 1.54) is 19.2 Å². The maximum absolute atomic E-state index is 13.4. The Kier molecular flexibility index (Phi) is 4.08. The zero-order valence-electron chi connectivity index (χ0n) is 14.4. The quantitative estimate of drug-likeness (QED) is 0.543. The number of halogens is 1. The molecule has 0 saturated heterocycles. The summed E-state index contributed by atoms with van der Waals surface area (Å²) in [4.78, 5) is 17.0. The summed E-state index contributed by atoms with van der Waals surface area (Å²) in [5.74, 6) is -0.847. The molecule has 5 nitrogen and oxygen atoms in total. The number of nitrogens with two attached hydrogens (primary N) is 1. The summed E-state index contributed by atoms with van der Waals surface area (Å²) in [6.45, 7) is 0. The number of ketones is 1. The number of pyridine rings is 1. The first-order valence-electron chi connectivity index (χ1n) is 8.19. The average molecular weight is 362 g/mol. The Hall–Kier alpha value is -3.67. The molecule has 0 aliphatic carbocycles. The Morgan fingerprint density at radius 2 is 2.00 bits per heavy atom. The van der Waals surface area contributed by atoms with E-state index in [1.54, 1.807) is 24.5 Å². The van der Waals surface area contributed by atoms with E-state index in [9.17, 15) is 9.18 Å². The number of rotatable bonds is 4. The van der Waals surface area contributed by atoms with Crippen molar-refractivity contribution in [1.29, 1.82) is 0 Å². The zero-order valence-corrected chi connectivity index (χ0v) is 14.4. The summed E-state index contributed by atoms with van der Waals surface area (Å²) in [6.07, 6.45) is 3.43. The highest BCUT2D eigenvalue weighted by Gasteiger charge is 2.23. The molecule has 0 saturated carbocycles. The van der Waals surface area contributed by atoms with Gasteiger partial charge in [-0.15, -0.1) is 0 Å². The molecule has 0 aliphatic heterocycles. The number of methoxy groups -OCH3 is 1. The molecule has 0 amide bonds. The molecule has 27 heavy (non-hydrogen) atoms. The number of aromatic nitrogens is 1. The molecule has 2 N–H and O–H groups in total. The molecule has 0 unspecified atom stereocenters. The summed E-state index contributed by atoms with van der Waals surface area (Å²) in [5, 5.41) is 0.632. The van der Waals surface area contributed by atoms with Gasteiger partial charge in [-0.3, -0.25) is 9.78 Å². The van der Waals surface area contributed by atoms with Crippen molar-refractivity contribution in [3.63, 3.8) is 0 Å². The van der Waals surface area contributed by atoms with Crippen molar-refractivity contribution < 1.29 is 18.3 Å². The summed E-state index contributed by atoms with van der Waals surface area (Å²) < 4.78 is 24.3. The molecule has 0 fully saturated rings. The number of carbonyl (C=O) groups is 1. The predicted molar refractivity (Wildman–Crippen MR) is 100 cm³/mol. The largest absolute Gasteiger partial charge is 0.496 e. The fourth-order valence-corrected chi connectivity index (χ4v) is 2.97. The van der Waals surface area contributed by atoms with Crippen molar-refractivity contribution in [3.05, 3.63) is 78.1 Å². The lowest BCUT2D eigenvalue weighted by Gasteiger charge is -2.06. The van der Waals surface area contributed by atoms with Gasteiger partial charge in [0.05, 0.1) is 18.4 Å². The van der Waals surface area contributed by atoms with Crippen LogP contribution in [0.2, 0.25) is 0 Å². The Morgan fingerprint density at radius 1 is 1.15 bits per heavy atom. The van der Waals surface area contributed by atoms with Crippen molar-refractivity contribution in [1.82, 2.24) is 4.98 Å². The zero-order chi connectivity index (χ0) is 19.0. The van der Waals surface area contributed by atoms with Crippen LogP contribution in [0.1, 0.15) is 16.1 Å². The summed E-state index contributed by atoms with van der Waals surface area (Å²) in [7, 11) is 1.37. The van der Waals surface area contributed by atoms with Gasteiger partial charge in [0.25, 0.3) is 0 Å². The Morgan fingerprint density at radius 3 is 2.74 bits per heavy atom. The van der Waals surface area contributed by atoms with Gasteiger partial charge in [0, 0.05) is 29.4 Å². The molecule has 4 aromatic rings. The fraction of sp³-hybridized carbons (Fsp3) is 0.0476. The van der Waals surface area contributed by atoms with Crippen LogP contribution in [0, 0.1) is 5.82 Å². The van der Waals surface area contributed by atoms with Gasteiger partial charge >= 0.3 is 0 Å². The van der Waals surface area contributed by atoms with E-state index in [0.717, 1.165) is 17.2 Å². The summed E-state index contributed by atoms with van der Waals surface area (Å²) >= 11 is 0. The maximum atomic E-state index is 13.4. The second-order valence-corrected chi connectivity index (χ2v) is 5.97. The first kappa shape index (κ1) is 16.8. The number of fused-ring (bicyclic) bond motifs is 1. The van der Waals surface area contributed by atoms with E-state index in [4.69, 9.17) is 14.9 Å². The van der Waals surface area contributed by atoms with Crippen LogP contribution in [0.4, 0.5) is 10.1 Å². The average Bonchev–Trinajstić information content (AvgIpc) is 3.04. The normalized spacial score (nSPS) is 10.9. The topological polar surface area (TPSA) is 78.3 Å². The lowest BCUT2D eigenvalue weighted by atomic mass is 10.0. The van der Waals surface area contributed by atoms with Gasteiger partial charge in [-0.2, -0.15) is 0 Å². The molecule has 0 radical (unpaired) electrons. The summed E-state index contributed by atoms with van der Waals surface area (Å²) in [5.41, 5.74) is 8.85. The first-order chi connectivity index (χ1) is 13.1. The van der Waals surface area contributed by atoms with Gasteiger partial charge in [-0.05, 0) is 35.9 Å². The first-order valence-corrected chi connectivity index (χ1v) is 8.19. The number of hydrogen-bond donors (Lipinski definition) is 1. The highest BCUT2D eigenvalue weighted by molar-refractivity contribution is 6.15. The van der Waals surface area contributed by atoms with Gasteiger partial charge in [-0.25, -0.2) is 4.39 Å². The number of benzene rings is 2. The highest BCUT2D eigenvalue weighted by Crippen LogP contribution is 2.34. The second-order valence-electron chi connectivity index (χ2n) is 5.97. The van der Waals surface area contributed by atoms with Crippen molar-refractivity contribution in [2.24, 2.45) is 0 Å². The molecule has 0 atom stereocenters. The number of anilines is 1. The van der Waals surface area contributed by atoms with Gasteiger partial charge in [-0.1, -0.05) is 12.1 Å². The monoisotopic (exact) mass is 362 g/mol. The van der Waals surface area contributed by atoms with Crippen LogP contribution in [0.25, 0.3) is 22.1 Å². The Labute approximate surface area is 154 Å². The number of nitrogen functional groups attached to an aromatic ring is 1. The van der Waals surface area contributed by atoms with Crippen LogP contribution in [-0.4, -0.2) is 17.9 Å². The molecule has 4 rings (SSSR count). The fourth-order valence-electron chi connectivity index (χ4n) is 2.97. The maximum Gasteiger partial charge on any atom is 0.234 e. The van der Waals surface area contributed by atoms with E-state index in [-0.39, 0.29) is 22.8 Å². The van der Waals surface area contributed by atoms with E-state index < -0.39 is 11.6 Å². The highest BCUT2D eigenvalue weighted by atomic mass is 19.1. The lowest BCUT2D eigenvalue weighted by Crippen LogP contribution is -2.05. The van der Waals surface area contributed by atoms with Gasteiger partial charge in [0.1, 0.15) is 17.1 Å². The molecule has 6 heteroatoms. The van der Waals surface area contributed by atoms with Crippen LogP contribution >= 0.6 is 0 Å². The van der Waals surface area contributed by atoms with Crippen LogP contribution in [0.5, 0.6) is 5.75 Å². The van der Waals surface area contributed by atoms with Crippen LogP contribution in [0.15, 0.2) is 65.3 Å². The third kappa shape index (κ3) is 2.91. The molecular formula is C21H15FN2O3. The second kappa shape index (κ2) is 6.57. The third-order valence-electron chi connectivity index (χ3n) is 4.34. The van der Waals surface area contributed by atoms with Crippen LogP contribution in [0.3, 0.4) is 0 Å². The van der Waals surface area contributed by atoms with E-state index in [0.29, 0.717) is 11.0 Å². The molecule has 2 aromatic carbocycles. The predicted octanol–water partition coefficient (Wildman–Crippen LogP) is 4.46. The number of hydrogen-bond acceptors (Lipinski definition) is 5. The molecular weight excluding hydrogens is 347 g/mol. The molecule has 2 heterocycles. The minimum absolute atomic E-state index is 0.00163. The molecule has 2 aromatic heterocycles. The van der Waals surface area contributed by atoms with Crippen molar-refractivity contribution >= 4 is 22.4 Å². The minimum Gasteiger partial charge on any atom is -0.496 e. The number of ether oxygens (including phenoxy) is 1. The van der Waals surface area contributed by atoms with Crippen molar-refractivity contribution in [2.45, 2.75) is 0 Å². The van der Waals surface area contributed by atoms with Crippen molar-refractivity contribution in [3.8, 4) is 16.9 Å². The third-order valence-corrected chi connectivity index (χ3v) is 4.34. The number of nitrogens with zero attached hydrogens (tertiary/aromatic N) is 1. The summed E-state index contributed by atoms with van der Waals surface area (Å²) in [6, 6.07) is 12.9. The molecule has 134 valence electrons. The van der Waals surface area contributed by atoms with Gasteiger partial charge in [0.2, 0.25) is 5.78 Å². The SMILES string of the molecule is COc1cc(F)ccc1C(=O)c1oc2cc(-c3cccnc3)ccc2c1N. The smallest absolute Gasteiger partial charge is 0.234 e. The minimum atomic E-state index is -0.498. The van der Waals surface area contributed by atoms with Crippen LogP contribution < -0.4 is 10.5 Å². The number of furan rings is 1. The molecule has 0 aliphatic rings. The van der Waals surface area contributed by atoms with Gasteiger partial charge in [0.15, 0.2) is 5.76 Å². The van der Waals surface area contributed by atoms with Gasteiger partial charge < -0.3 is 14.9 Å². The standard InChI is InChI=1S/C21H15FN2O3/c1-26-17-10-14(22)5-7-16(17)20(25)21-19(23)15-6-4-12(9-18(15)27-21)13-3-2-8-24-11-13/h2-11H,23H2,1H3. The lowest BCUT2D eigenvalue weighted by molar-refractivity contribution is 0.101. The van der Waals surface area contributed by atoms with Crippen molar-refractivity contribution in [2.75, 3.05) is 12.8 Å². The number of carbonyl (C=O) groups excluding carboxylic acids is 1.